The summed E-state index contributed by atoms with van der Waals surface area (Å²) in [4.78, 5) is 29.1. The monoisotopic (exact) mass is 349 g/mol. The maximum absolute atomic E-state index is 12.9. The van der Waals surface area contributed by atoms with Gasteiger partial charge in [-0.3, -0.25) is 9.59 Å². The first-order valence-electron chi connectivity index (χ1n) is 10.1. The molecule has 142 valence electrons. The largest absolute Gasteiger partial charge is 0.341 e. The van der Waals surface area contributed by atoms with Crippen LogP contribution < -0.4 is 5.32 Å². The molecule has 2 amide bonds. The molecule has 0 aromatic rings. The standard InChI is InChI=1S/C20H35N3O2/c1-15-9-16(12-20(2,3)11-15)10-18(24)22-7-4-5-17(14-22)23-8-6-21-13-19(23)25/h15-17,21H,4-14H2,1-3H3. The molecule has 2 aliphatic heterocycles. The molecular formula is C20H35N3O2. The lowest BCUT2D eigenvalue weighted by Crippen LogP contribution is -2.57. The maximum Gasteiger partial charge on any atom is 0.236 e. The Kier molecular flexibility index (Phi) is 5.71. The van der Waals surface area contributed by atoms with Crippen molar-refractivity contribution in [2.45, 2.75) is 65.3 Å². The Bertz CT molecular complexity index is 505. The zero-order chi connectivity index (χ0) is 18.0. The van der Waals surface area contributed by atoms with Crippen molar-refractivity contribution < 1.29 is 9.59 Å². The van der Waals surface area contributed by atoms with Crippen LogP contribution in [0.4, 0.5) is 0 Å². The number of carbonyl (C=O) groups excluding carboxylic acids is 2. The number of hydrogen-bond acceptors (Lipinski definition) is 3. The Morgan fingerprint density at radius 1 is 1.28 bits per heavy atom. The number of hydrogen-bond donors (Lipinski definition) is 1. The van der Waals surface area contributed by atoms with Gasteiger partial charge >= 0.3 is 0 Å². The first-order chi connectivity index (χ1) is 11.8. The van der Waals surface area contributed by atoms with Gasteiger partial charge in [-0.25, -0.2) is 0 Å². The van der Waals surface area contributed by atoms with Crippen molar-refractivity contribution in [3.8, 4) is 0 Å². The summed E-state index contributed by atoms with van der Waals surface area (Å²) in [5, 5.41) is 3.13. The van der Waals surface area contributed by atoms with Gasteiger partial charge in [0.1, 0.15) is 0 Å². The molecule has 3 unspecified atom stereocenters. The van der Waals surface area contributed by atoms with Gasteiger partial charge in [-0.1, -0.05) is 20.8 Å². The second kappa shape index (κ2) is 7.65. The zero-order valence-corrected chi connectivity index (χ0v) is 16.2. The van der Waals surface area contributed by atoms with E-state index in [1.54, 1.807) is 0 Å². The number of rotatable bonds is 3. The Labute approximate surface area is 152 Å². The SMILES string of the molecule is CC1CC(CC(=O)N2CCCC(N3CCNCC3=O)C2)CC(C)(C)C1. The smallest absolute Gasteiger partial charge is 0.236 e. The fraction of sp³-hybridized carbons (Fsp3) is 0.900. The highest BCUT2D eigenvalue weighted by Crippen LogP contribution is 2.43. The molecule has 3 rings (SSSR count). The summed E-state index contributed by atoms with van der Waals surface area (Å²) in [6.07, 6.45) is 6.35. The number of carbonyl (C=O) groups is 2. The second-order valence-electron chi connectivity index (χ2n) is 9.38. The molecule has 2 heterocycles. The van der Waals surface area contributed by atoms with Crippen molar-refractivity contribution in [1.29, 1.82) is 0 Å². The number of piperidine rings is 1. The van der Waals surface area contributed by atoms with Crippen LogP contribution in [-0.4, -0.2) is 60.4 Å². The highest BCUT2D eigenvalue weighted by Gasteiger charge is 2.35. The number of nitrogens with one attached hydrogen (secondary N) is 1. The molecule has 5 nitrogen and oxygen atoms in total. The van der Waals surface area contributed by atoms with Gasteiger partial charge in [-0.15, -0.1) is 0 Å². The third-order valence-corrected chi connectivity index (χ3v) is 6.26. The van der Waals surface area contributed by atoms with E-state index in [4.69, 9.17) is 0 Å². The van der Waals surface area contributed by atoms with Gasteiger partial charge in [0.25, 0.3) is 0 Å². The van der Waals surface area contributed by atoms with Crippen LogP contribution in [0.2, 0.25) is 0 Å². The van der Waals surface area contributed by atoms with Crippen LogP contribution in [0, 0.1) is 17.3 Å². The molecule has 3 atom stereocenters. The van der Waals surface area contributed by atoms with Crippen LogP contribution in [-0.2, 0) is 9.59 Å². The fourth-order valence-corrected chi connectivity index (χ4v) is 5.52. The average Bonchev–Trinajstić information content (AvgIpc) is 2.53. The van der Waals surface area contributed by atoms with Gasteiger partial charge in [0, 0.05) is 38.6 Å². The lowest BCUT2D eigenvalue weighted by Gasteiger charge is -2.42. The van der Waals surface area contributed by atoms with Gasteiger partial charge in [0.05, 0.1) is 6.54 Å². The van der Waals surface area contributed by atoms with E-state index in [0.717, 1.165) is 45.4 Å². The molecule has 0 bridgehead atoms. The van der Waals surface area contributed by atoms with Gasteiger partial charge in [0.2, 0.25) is 11.8 Å². The summed E-state index contributed by atoms with van der Waals surface area (Å²) in [5.74, 6) is 1.73. The first-order valence-corrected chi connectivity index (χ1v) is 10.1. The molecule has 1 N–H and O–H groups in total. The van der Waals surface area contributed by atoms with Gasteiger partial charge < -0.3 is 15.1 Å². The summed E-state index contributed by atoms with van der Waals surface area (Å²) >= 11 is 0. The molecule has 5 heteroatoms. The Morgan fingerprint density at radius 2 is 2.08 bits per heavy atom. The quantitative estimate of drug-likeness (QED) is 0.850. The normalized spacial score (nSPS) is 33.4. The van der Waals surface area contributed by atoms with E-state index >= 15 is 0 Å². The van der Waals surface area contributed by atoms with E-state index in [-0.39, 0.29) is 11.9 Å². The van der Waals surface area contributed by atoms with Crippen LogP contribution >= 0.6 is 0 Å². The van der Waals surface area contributed by atoms with Crippen molar-refractivity contribution >= 4 is 11.8 Å². The van der Waals surface area contributed by atoms with Gasteiger partial charge in [-0.2, -0.15) is 0 Å². The molecule has 0 spiro atoms. The molecule has 0 aromatic carbocycles. The van der Waals surface area contributed by atoms with E-state index in [0.29, 0.717) is 36.1 Å². The van der Waals surface area contributed by atoms with Crippen LogP contribution in [0.25, 0.3) is 0 Å². The average molecular weight is 350 g/mol. The minimum atomic E-state index is 0.188. The third-order valence-electron chi connectivity index (χ3n) is 6.26. The molecule has 1 saturated carbocycles. The highest BCUT2D eigenvalue weighted by atomic mass is 16.2. The van der Waals surface area contributed by atoms with Gasteiger partial charge in [-0.05, 0) is 49.4 Å². The van der Waals surface area contributed by atoms with Crippen molar-refractivity contribution in [3.05, 3.63) is 0 Å². The molecule has 0 aromatic heterocycles. The van der Waals surface area contributed by atoms with Crippen molar-refractivity contribution in [2.24, 2.45) is 17.3 Å². The summed E-state index contributed by atoms with van der Waals surface area (Å²) in [6, 6.07) is 0.217. The highest BCUT2D eigenvalue weighted by molar-refractivity contribution is 5.80. The molecule has 2 saturated heterocycles. The Balaban J connectivity index is 1.55. The number of likely N-dealkylation sites (tertiary alicyclic amines) is 1. The molecule has 0 radical (unpaired) electrons. The fourth-order valence-electron chi connectivity index (χ4n) is 5.52. The van der Waals surface area contributed by atoms with E-state index in [9.17, 15) is 9.59 Å². The summed E-state index contributed by atoms with van der Waals surface area (Å²) in [6.45, 7) is 10.7. The molecule has 3 aliphatic rings. The van der Waals surface area contributed by atoms with Crippen molar-refractivity contribution in [3.63, 3.8) is 0 Å². The molecule has 1 aliphatic carbocycles. The zero-order valence-electron chi connectivity index (χ0n) is 16.2. The minimum absolute atomic E-state index is 0.188. The summed E-state index contributed by atoms with van der Waals surface area (Å²) < 4.78 is 0. The molecular weight excluding hydrogens is 314 g/mol. The van der Waals surface area contributed by atoms with E-state index < -0.39 is 0 Å². The lowest BCUT2D eigenvalue weighted by molar-refractivity contribution is -0.141. The lowest BCUT2D eigenvalue weighted by atomic mass is 9.67. The van der Waals surface area contributed by atoms with Crippen LogP contribution in [0.3, 0.4) is 0 Å². The number of nitrogens with zero attached hydrogens (tertiary/aromatic N) is 2. The molecule has 3 fully saturated rings. The predicted molar refractivity (Wildman–Crippen MR) is 99.1 cm³/mol. The topological polar surface area (TPSA) is 52.7 Å². The molecule has 25 heavy (non-hydrogen) atoms. The maximum atomic E-state index is 12.9. The first kappa shape index (κ1) is 18.7. The Hall–Kier alpha value is -1.10. The second-order valence-corrected chi connectivity index (χ2v) is 9.38. The van der Waals surface area contributed by atoms with Crippen molar-refractivity contribution in [1.82, 2.24) is 15.1 Å². The van der Waals surface area contributed by atoms with E-state index in [1.807, 2.05) is 9.80 Å². The van der Waals surface area contributed by atoms with Crippen LogP contribution in [0.1, 0.15) is 59.3 Å². The minimum Gasteiger partial charge on any atom is -0.341 e. The predicted octanol–water partition coefficient (Wildman–Crippen LogP) is 2.26. The summed E-state index contributed by atoms with van der Waals surface area (Å²) in [7, 11) is 0. The van der Waals surface area contributed by atoms with E-state index in [1.165, 1.54) is 12.8 Å². The van der Waals surface area contributed by atoms with Crippen LogP contribution in [0.15, 0.2) is 0 Å². The number of piperazine rings is 1. The third kappa shape index (κ3) is 4.75. The van der Waals surface area contributed by atoms with Crippen molar-refractivity contribution in [2.75, 3.05) is 32.7 Å². The van der Waals surface area contributed by atoms with Gasteiger partial charge in [0.15, 0.2) is 0 Å². The number of amides is 2. The Morgan fingerprint density at radius 3 is 2.80 bits per heavy atom. The van der Waals surface area contributed by atoms with Crippen LogP contribution in [0.5, 0.6) is 0 Å². The van der Waals surface area contributed by atoms with E-state index in [2.05, 4.69) is 26.1 Å². The summed E-state index contributed by atoms with van der Waals surface area (Å²) in [5.41, 5.74) is 0.361.